The number of aromatic nitrogens is 2. The van der Waals surface area contributed by atoms with E-state index in [0.29, 0.717) is 19.3 Å². The molecular formula is C18H27N5O2. The second-order valence-corrected chi connectivity index (χ2v) is 7.76. The SMILES string of the molecule is Cc1ccc(N2CCOCC3(CCCN(C(=O)NC4CC4)C3)C2)nn1. The van der Waals surface area contributed by atoms with Gasteiger partial charge in [0.1, 0.15) is 0 Å². The molecule has 1 aromatic heterocycles. The topological polar surface area (TPSA) is 70.6 Å². The van der Waals surface area contributed by atoms with Crippen molar-refractivity contribution in [3.63, 3.8) is 0 Å². The Morgan fingerprint density at radius 2 is 2.16 bits per heavy atom. The van der Waals surface area contributed by atoms with Gasteiger partial charge in [-0.2, -0.15) is 5.10 Å². The van der Waals surface area contributed by atoms with Crippen molar-refractivity contribution in [2.24, 2.45) is 5.41 Å². The number of hydrogen-bond donors (Lipinski definition) is 1. The van der Waals surface area contributed by atoms with Gasteiger partial charge in [-0.15, -0.1) is 5.10 Å². The molecule has 1 unspecified atom stereocenters. The first-order valence-corrected chi connectivity index (χ1v) is 9.32. The van der Waals surface area contributed by atoms with Crippen LogP contribution >= 0.6 is 0 Å². The van der Waals surface area contributed by atoms with E-state index < -0.39 is 0 Å². The van der Waals surface area contributed by atoms with Crippen LogP contribution in [0.4, 0.5) is 10.6 Å². The molecule has 1 N–H and O–H groups in total. The van der Waals surface area contributed by atoms with Crippen LogP contribution in [0.3, 0.4) is 0 Å². The quantitative estimate of drug-likeness (QED) is 0.881. The Balaban J connectivity index is 1.48. The van der Waals surface area contributed by atoms with Gasteiger partial charge < -0.3 is 19.9 Å². The van der Waals surface area contributed by atoms with Gasteiger partial charge in [0.15, 0.2) is 5.82 Å². The van der Waals surface area contributed by atoms with E-state index in [4.69, 9.17) is 4.74 Å². The Morgan fingerprint density at radius 3 is 2.92 bits per heavy atom. The molecule has 2 saturated heterocycles. The number of aryl methyl sites for hydroxylation is 1. The summed E-state index contributed by atoms with van der Waals surface area (Å²) >= 11 is 0. The first-order chi connectivity index (χ1) is 12.1. The number of anilines is 1. The first-order valence-electron chi connectivity index (χ1n) is 9.32. The first kappa shape index (κ1) is 16.6. The van der Waals surface area contributed by atoms with Crippen LogP contribution in [-0.2, 0) is 4.74 Å². The summed E-state index contributed by atoms with van der Waals surface area (Å²) in [7, 11) is 0. The number of carbonyl (C=O) groups excluding carboxylic acids is 1. The average molecular weight is 345 g/mol. The van der Waals surface area contributed by atoms with Crippen LogP contribution in [0.1, 0.15) is 31.4 Å². The van der Waals surface area contributed by atoms with Crippen LogP contribution < -0.4 is 10.2 Å². The number of hydrogen-bond acceptors (Lipinski definition) is 5. The van der Waals surface area contributed by atoms with Crippen molar-refractivity contribution in [3.8, 4) is 0 Å². The number of carbonyl (C=O) groups is 1. The Morgan fingerprint density at radius 1 is 1.28 bits per heavy atom. The Kier molecular flexibility index (Phi) is 4.50. The van der Waals surface area contributed by atoms with Gasteiger partial charge in [0, 0.05) is 37.6 Å². The van der Waals surface area contributed by atoms with Gasteiger partial charge in [-0.05, 0) is 44.7 Å². The minimum atomic E-state index is -0.0256. The van der Waals surface area contributed by atoms with Crippen LogP contribution in [-0.4, -0.2) is 66.6 Å². The van der Waals surface area contributed by atoms with E-state index >= 15 is 0 Å². The lowest BCUT2D eigenvalue weighted by Crippen LogP contribution is -2.54. The summed E-state index contributed by atoms with van der Waals surface area (Å²) in [5, 5.41) is 11.7. The zero-order valence-corrected chi connectivity index (χ0v) is 14.9. The van der Waals surface area contributed by atoms with Gasteiger partial charge in [0.25, 0.3) is 0 Å². The summed E-state index contributed by atoms with van der Waals surface area (Å²) in [5.41, 5.74) is 0.896. The largest absolute Gasteiger partial charge is 0.379 e. The summed E-state index contributed by atoms with van der Waals surface area (Å²) in [5.74, 6) is 0.898. The molecule has 3 aliphatic rings. The predicted molar refractivity (Wildman–Crippen MR) is 94.6 cm³/mol. The summed E-state index contributed by atoms with van der Waals surface area (Å²) < 4.78 is 5.94. The molecule has 1 spiro atoms. The van der Waals surface area contributed by atoms with E-state index in [2.05, 4.69) is 20.4 Å². The predicted octanol–water partition coefficient (Wildman–Crippen LogP) is 1.58. The molecule has 1 atom stereocenters. The monoisotopic (exact) mass is 345 g/mol. The van der Waals surface area contributed by atoms with Crippen LogP contribution in [0.2, 0.25) is 0 Å². The maximum atomic E-state index is 12.5. The molecule has 1 aliphatic carbocycles. The molecule has 1 saturated carbocycles. The molecule has 25 heavy (non-hydrogen) atoms. The zero-order valence-electron chi connectivity index (χ0n) is 14.9. The lowest BCUT2D eigenvalue weighted by molar-refractivity contribution is 0.0243. The average Bonchev–Trinajstić information content (AvgIpc) is 3.44. The van der Waals surface area contributed by atoms with E-state index in [9.17, 15) is 4.79 Å². The van der Waals surface area contributed by atoms with Crippen molar-refractivity contribution < 1.29 is 9.53 Å². The Hall–Kier alpha value is -1.89. The van der Waals surface area contributed by atoms with Crippen molar-refractivity contribution in [2.75, 3.05) is 44.3 Å². The van der Waals surface area contributed by atoms with E-state index in [1.54, 1.807) is 0 Å². The molecular weight excluding hydrogens is 318 g/mol. The minimum Gasteiger partial charge on any atom is -0.379 e. The molecule has 3 fully saturated rings. The number of likely N-dealkylation sites (tertiary alicyclic amines) is 1. The summed E-state index contributed by atoms with van der Waals surface area (Å²) in [6.45, 7) is 6.60. The number of urea groups is 1. The normalized spacial score (nSPS) is 27.2. The zero-order chi connectivity index (χ0) is 17.3. The molecule has 1 aromatic rings. The van der Waals surface area contributed by atoms with Gasteiger partial charge in [0.05, 0.1) is 18.9 Å². The van der Waals surface area contributed by atoms with Crippen LogP contribution in [0.25, 0.3) is 0 Å². The highest BCUT2D eigenvalue weighted by Crippen LogP contribution is 2.34. The second kappa shape index (κ2) is 6.78. The number of rotatable bonds is 2. The third kappa shape index (κ3) is 3.86. The van der Waals surface area contributed by atoms with Gasteiger partial charge in [-0.1, -0.05) is 0 Å². The molecule has 7 nitrogen and oxygen atoms in total. The van der Waals surface area contributed by atoms with Gasteiger partial charge in [-0.3, -0.25) is 0 Å². The summed E-state index contributed by atoms with van der Waals surface area (Å²) in [4.78, 5) is 16.7. The molecule has 3 heterocycles. The highest BCUT2D eigenvalue weighted by Gasteiger charge is 2.41. The van der Waals surface area contributed by atoms with Crippen molar-refractivity contribution in [2.45, 2.75) is 38.6 Å². The molecule has 2 aliphatic heterocycles. The lowest BCUT2D eigenvalue weighted by Gasteiger charge is -2.43. The maximum absolute atomic E-state index is 12.5. The van der Waals surface area contributed by atoms with E-state index in [0.717, 1.165) is 63.4 Å². The van der Waals surface area contributed by atoms with Crippen molar-refractivity contribution in [1.29, 1.82) is 0 Å². The standard InChI is InChI=1S/C18H27N5O2/c1-14-3-6-16(21-20-14)22-9-10-25-13-18(11-22)7-2-8-23(12-18)17(24)19-15-4-5-15/h3,6,15H,2,4-5,7-13H2,1H3,(H,19,24). The number of amides is 2. The smallest absolute Gasteiger partial charge is 0.317 e. The fourth-order valence-electron chi connectivity index (χ4n) is 3.87. The molecule has 0 bridgehead atoms. The second-order valence-electron chi connectivity index (χ2n) is 7.76. The van der Waals surface area contributed by atoms with Crippen LogP contribution in [0.5, 0.6) is 0 Å². The summed E-state index contributed by atoms with van der Waals surface area (Å²) in [6.07, 6.45) is 4.34. The van der Waals surface area contributed by atoms with Gasteiger partial charge in [-0.25, -0.2) is 4.79 Å². The van der Waals surface area contributed by atoms with Crippen molar-refractivity contribution in [3.05, 3.63) is 17.8 Å². The Labute approximate surface area is 148 Å². The number of ether oxygens (including phenoxy) is 1. The third-order valence-corrected chi connectivity index (χ3v) is 5.40. The van der Waals surface area contributed by atoms with Crippen molar-refractivity contribution in [1.82, 2.24) is 20.4 Å². The highest BCUT2D eigenvalue weighted by molar-refractivity contribution is 5.75. The number of nitrogens with one attached hydrogen (secondary N) is 1. The Bertz CT molecular complexity index is 618. The van der Waals surface area contributed by atoms with Crippen LogP contribution in [0.15, 0.2) is 12.1 Å². The van der Waals surface area contributed by atoms with E-state index in [-0.39, 0.29) is 11.4 Å². The maximum Gasteiger partial charge on any atom is 0.317 e. The van der Waals surface area contributed by atoms with E-state index in [1.807, 2.05) is 24.0 Å². The molecule has 0 radical (unpaired) electrons. The molecule has 7 heteroatoms. The fraction of sp³-hybridized carbons (Fsp3) is 0.722. The van der Waals surface area contributed by atoms with Gasteiger partial charge >= 0.3 is 6.03 Å². The van der Waals surface area contributed by atoms with E-state index in [1.165, 1.54) is 0 Å². The summed E-state index contributed by atoms with van der Waals surface area (Å²) in [6, 6.07) is 4.52. The molecule has 136 valence electrons. The highest BCUT2D eigenvalue weighted by atomic mass is 16.5. The number of nitrogens with zero attached hydrogens (tertiary/aromatic N) is 4. The molecule has 0 aromatic carbocycles. The van der Waals surface area contributed by atoms with Crippen LogP contribution in [0, 0.1) is 12.3 Å². The number of piperidine rings is 1. The van der Waals surface area contributed by atoms with Crippen molar-refractivity contribution >= 4 is 11.8 Å². The minimum absolute atomic E-state index is 0.0256. The fourth-order valence-corrected chi connectivity index (χ4v) is 3.87. The third-order valence-electron chi connectivity index (χ3n) is 5.40. The molecule has 2 amide bonds. The molecule has 4 rings (SSSR count). The lowest BCUT2D eigenvalue weighted by atomic mass is 9.80. The van der Waals surface area contributed by atoms with Gasteiger partial charge in [0.2, 0.25) is 0 Å².